The minimum absolute atomic E-state index is 0.343. The summed E-state index contributed by atoms with van der Waals surface area (Å²) in [6.07, 6.45) is 0. The molecule has 0 radical (unpaired) electrons. The Kier molecular flexibility index (Phi) is 3.04. The molecule has 0 nitrogen and oxygen atoms in total. The standard InChI is InChI=1S/C15H24/c1-10(2)13-8-7-9-14(11(3)4)15(13)12(5)6/h7-12H,1-6H3/i10D,11D. The molecule has 0 heteroatoms. The van der Waals surface area contributed by atoms with E-state index in [4.69, 9.17) is 2.74 Å². The Labute approximate surface area is 97.5 Å². The fourth-order valence-electron chi connectivity index (χ4n) is 2.06. The highest BCUT2D eigenvalue weighted by Gasteiger charge is 2.15. The second-order valence-corrected chi connectivity index (χ2v) is 4.92. The van der Waals surface area contributed by atoms with Crippen molar-refractivity contribution in [3.63, 3.8) is 0 Å². The molecule has 0 spiro atoms. The highest BCUT2D eigenvalue weighted by atomic mass is 14.2. The summed E-state index contributed by atoms with van der Waals surface area (Å²) in [7, 11) is 0. The van der Waals surface area contributed by atoms with E-state index >= 15 is 0 Å². The molecule has 15 heavy (non-hydrogen) atoms. The van der Waals surface area contributed by atoms with Gasteiger partial charge in [0.25, 0.3) is 0 Å². The molecule has 0 bridgehead atoms. The number of hydrogen-bond donors (Lipinski definition) is 0. The van der Waals surface area contributed by atoms with Crippen LogP contribution in [0.4, 0.5) is 0 Å². The Bertz CT molecular complexity index is 360. The van der Waals surface area contributed by atoms with E-state index in [2.05, 4.69) is 13.8 Å². The van der Waals surface area contributed by atoms with Gasteiger partial charge in [0.05, 0.1) is 0 Å². The molecule has 0 aliphatic rings. The van der Waals surface area contributed by atoms with Gasteiger partial charge in [-0.15, -0.1) is 0 Å². The maximum absolute atomic E-state index is 8.25. The molecule has 1 rings (SSSR count). The van der Waals surface area contributed by atoms with Gasteiger partial charge in [0, 0.05) is 2.74 Å². The Hall–Kier alpha value is -0.780. The molecule has 0 saturated heterocycles. The van der Waals surface area contributed by atoms with Gasteiger partial charge in [-0.05, 0) is 34.4 Å². The van der Waals surface area contributed by atoms with Gasteiger partial charge in [-0.1, -0.05) is 59.7 Å². The molecule has 0 aliphatic heterocycles. The lowest BCUT2D eigenvalue weighted by Crippen LogP contribution is -2.04. The largest absolute Gasteiger partial charge is 0.0617 e. The highest BCUT2D eigenvalue weighted by Crippen LogP contribution is 2.32. The minimum Gasteiger partial charge on any atom is -0.0617 e. The van der Waals surface area contributed by atoms with Crippen LogP contribution >= 0.6 is 0 Å². The topological polar surface area (TPSA) is 0 Å². The third-order valence-corrected chi connectivity index (χ3v) is 2.76. The van der Waals surface area contributed by atoms with Gasteiger partial charge in [-0.3, -0.25) is 0 Å². The first-order chi connectivity index (χ1) is 7.55. The summed E-state index contributed by atoms with van der Waals surface area (Å²) in [4.78, 5) is 0. The summed E-state index contributed by atoms with van der Waals surface area (Å²) in [5, 5.41) is 0. The third-order valence-electron chi connectivity index (χ3n) is 2.76. The first-order valence-corrected chi connectivity index (χ1v) is 5.69. The first-order valence-electron chi connectivity index (χ1n) is 6.69. The quantitative estimate of drug-likeness (QED) is 0.648. The summed E-state index contributed by atoms with van der Waals surface area (Å²) in [5.74, 6) is -0.878. The lowest BCUT2D eigenvalue weighted by molar-refractivity contribution is 0.748. The molecule has 0 atom stereocenters. The zero-order valence-electron chi connectivity index (χ0n) is 12.8. The van der Waals surface area contributed by atoms with Crippen LogP contribution < -0.4 is 0 Å². The van der Waals surface area contributed by atoms with Gasteiger partial charge < -0.3 is 0 Å². The van der Waals surface area contributed by atoms with E-state index in [1.54, 1.807) is 0 Å². The van der Waals surface area contributed by atoms with Crippen LogP contribution in [0.15, 0.2) is 18.2 Å². The third kappa shape index (κ3) is 2.62. The van der Waals surface area contributed by atoms with E-state index in [1.807, 2.05) is 45.9 Å². The van der Waals surface area contributed by atoms with Gasteiger partial charge in [-0.2, -0.15) is 0 Å². The van der Waals surface area contributed by atoms with E-state index in [0.717, 1.165) is 11.1 Å². The average molecular weight is 206 g/mol. The molecular weight excluding hydrogens is 180 g/mol. The fourth-order valence-corrected chi connectivity index (χ4v) is 2.06. The SMILES string of the molecule is [2H]C(C)(C)c1cccc(C([2H])(C)C)c1C(C)C. The van der Waals surface area contributed by atoms with Crippen LogP contribution in [0.5, 0.6) is 0 Å². The van der Waals surface area contributed by atoms with Gasteiger partial charge in [0.1, 0.15) is 0 Å². The van der Waals surface area contributed by atoms with Crippen molar-refractivity contribution >= 4 is 0 Å². The van der Waals surface area contributed by atoms with Crippen molar-refractivity contribution in [3.05, 3.63) is 34.9 Å². The van der Waals surface area contributed by atoms with Crippen molar-refractivity contribution in [2.24, 2.45) is 0 Å². The van der Waals surface area contributed by atoms with Crippen molar-refractivity contribution in [1.29, 1.82) is 0 Å². The summed E-state index contributed by atoms with van der Waals surface area (Å²) in [6.45, 7) is 11.9. The molecule has 0 aromatic heterocycles. The van der Waals surface area contributed by atoms with E-state index in [-0.39, 0.29) is 0 Å². The number of benzene rings is 1. The Morgan fingerprint density at radius 1 is 0.867 bits per heavy atom. The van der Waals surface area contributed by atoms with E-state index in [0.29, 0.717) is 5.92 Å². The van der Waals surface area contributed by atoms with Gasteiger partial charge in [-0.25, -0.2) is 0 Å². The van der Waals surface area contributed by atoms with Gasteiger partial charge >= 0.3 is 0 Å². The Balaban J connectivity index is 3.55. The molecule has 0 heterocycles. The molecule has 84 valence electrons. The van der Waals surface area contributed by atoms with Crippen molar-refractivity contribution in [3.8, 4) is 0 Å². The second-order valence-electron chi connectivity index (χ2n) is 4.92. The van der Waals surface area contributed by atoms with Crippen LogP contribution in [-0.2, 0) is 0 Å². The molecule has 0 amide bonds. The van der Waals surface area contributed by atoms with Gasteiger partial charge in [0.15, 0.2) is 0 Å². The molecular formula is C15H24. The molecule has 1 aromatic rings. The van der Waals surface area contributed by atoms with Crippen molar-refractivity contribution in [2.45, 2.75) is 59.2 Å². The van der Waals surface area contributed by atoms with Crippen LogP contribution in [0.25, 0.3) is 0 Å². The Morgan fingerprint density at radius 3 is 1.53 bits per heavy atom. The molecule has 0 aliphatic carbocycles. The zero-order chi connectivity index (χ0) is 13.4. The highest BCUT2D eigenvalue weighted by molar-refractivity contribution is 5.40. The summed E-state index contributed by atoms with van der Waals surface area (Å²) in [5.41, 5.74) is 3.27. The molecule has 0 fully saturated rings. The monoisotopic (exact) mass is 206 g/mol. The fraction of sp³-hybridized carbons (Fsp3) is 0.600. The normalized spacial score (nSPS) is 15.1. The summed E-state index contributed by atoms with van der Waals surface area (Å²) >= 11 is 0. The molecule has 1 aromatic carbocycles. The second kappa shape index (κ2) is 4.83. The van der Waals surface area contributed by atoms with E-state index in [9.17, 15) is 0 Å². The first kappa shape index (κ1) is 9.45. The van der Waals surface area contributed by atoms with Crippen LogP contribution in [0.3, 0.4) is 0 Å². The van der Waals surface area contributed by atoms with Crippen molar-refractivity contribution in [2.75, 3.05) is 0 Å². The minimum atomic E-state index is -0.610. The van der Waals surface area contributed by atoms with Crippen LogP contribution in [-0.4, -0.2) is 0 Å². The lowest BCUT2D eigenvalue weighted by Gasteiger charge is -2.22. The number of rotatable bonds is 3. The van der Waals surface area contributed by atoms with E-state index < -0.39 is 11.8 Å². The van der Waals surface area contributed by atoms with Crippen LogP contribution in [0.1, 0.15) is 78.7 Å². The summed E-state index contributed by atoms with van der Waals surface area (Å²) < 4.78 is 16.5. The summed E-state index contributed by atoms with van der Waals surface area (Å²) in [6, 6.07) is 6.03. The predicted octanol–water partition coefficient (Wildman–Crippen LogP) is 5.06. The van der Waals surface area contributed by atoms with Gasteiger partial charge in [0.2, 0.25) is 0 Å². The van der Waals surface area contributed by atoms with E-state index in [1.165, 1.54) is 5.56 Å². The van der Waals surface area contributed by atoms with Crippen molar-refractivity contribution < 1.29 is 2.74 Å². The predicted molar refractivity (Wildman–Crippen MR) is 68.7 cm³/mol. The maximum Gasteiger partial charge on any atom is 0.0347 e. The Morgan fingerprint density at radius 2 is 1.27 bits per heavy atom. The average Bonchev–Trinajstić information content (AvgIpc) is 2.13. The zero-order valence-corrected chi connectivity index (χ0v) is 10.8. The van der Waals surface area contributed by atoms with Crippen LogP contribution in [0.2, 0.25) is 0 Å². The lowest BCUT2D eigenvalue weighted by atomic mass is 9.83. The number of hydrogen-bond acceptors (Lipinski definition) is 0. The van der Waals surface area contributed by atoms with Crippen molar-refractivity contribution in [1.82, 2.24) is 0 Å². The molecule has 0 N–H and O–H groups in total. The maximum atomic E-state index is 8.25. The molecule has 0 unspecified atom stereocenters. The molecule has 0 saturated carbocycles. The van der Waals surface area contributed by atoms with Crippen LogP contribution in [0, 0.1) is 0 Å². The smallest absolute Gasteiger partial charge is 0.0347 e.